The van der Waals surface area contributed by atoms with E-state index in [1.54, 1.807) is 18.7 Å². The summed E-state index contributed by atoms with van der Waals surface area (Å²) in [5, 5.41) is 0. The monoisotopic (exact) mass is 283 g/mol. The van der Waals surface area contributed by atoms with Gasteiger partial charge in [0.15, 0.2) is 0 Å². The molecule has 0 aromatic carbocycles. The van der Waals surface area contributed by atoms with Crippen molar-refractivity contribution in [1.82, 2.24) is 4.90 Å². The normalized spacial score (nSPS) is 11.5. The van der Waals surface area contributed by atoms with Crippen LogP contribution in [0.4, 0.5) is 0 Å². The fraction of sp³-hybridized carbons (Fsp3) is 0.900. The second-order valence-electron chi connectivity index (χ2n) is 3.12. The van der Waals surface area contributed by atoms with Crippen molar-refractivity contribution in [2.75, 3.05) is 32.1 Å². The van der Waals surface area contributed by atoms with Crippen molar-refractivity contribution in [2.24, 2.45) is 0 Å². The molecule has 0 aliphatic carbocycles. The molecule has 0 rings (SSSR count). The van der Waals surface area contributed by atoms with Crippen molar-refractivity contribution in [1.29, 1.82) is 0 Å². The van der Waals surface area contributed by atoms with Crippen LogP contribution in [0.3, 0.4) is 0 Å². The third-order valence-electron chi connectivity index (χ3n) is 2.04. The van der Waals surface area contributed by atoms with E-state index >= 15 is 0 Å². The number of hydrogen-bond donors (Lipinski definition) is 0. The standard InChI is InChI=1S/C10H22NO4PS/c1-5-11(6-2)10(12)9-17-16(13,14-7-3)15-8-4/h5-9H2,1-4H3. The Kier molecular flexibility index (Phi) is 8.96. The third-order valence-corrected chi connectivity index (χ3v) is 5.85. The molecule has 0 aliphatic rings. The number of nitrogens with zero attached hydrogens (tertiary/aromatic N) is 1. The Labute approximate surface area is 108 Å². The van der Waals surface area contributed by atoms with Crippen molar-refractivity contribution in [3.8, 4) is 0 Å². The van der Waals surface area contributed by atoms with Crippen LogP contribution in [0.25, 0.3) is 0 Å². The molecule has 1 amide bonds. The Morgan fingerprint density at radius 2 is 1.59 bits per heavy atom. The summed E-state index contributed by atoms with van der Waals surface area (Å²) in [5.74, 6) is 0.0820. The molecule has 0 fully saturated rings. The van der Waals surface area contributed by atoms with Crippen molar-refractivity contribution >= 4 is 24.1 Å². The molecule has 17 heavy (non-hydrogen) atoms. The fourth-order valence-corrected chi connectivity index (χ4v) is 4.42. The van der Waals surface area contributed by atoms with E-state index < -0.39 is 6.80 Å². The van der Waals surface area contributed by atoms with Gasteiger partial charge in [-0.3, -0.25) is 4.79 Å². The van der Waals surface area contributed by atoms with Crippen LogP contribution >= 0.6 is 18.2 Å². The number of carbonyl (C=O) groups is 1. The van der Waals surface area contributed by atoms with Gasteiger partial charge in [-0.1, -0.05) is 0 Å². The first-order chi connectivity index (χ1) is 8.02. The van der Waals surface area contributed by atoms with Crippen LogP contribution < -0.4 is 0 Å². The molecule has 0 spiro atoms. The maximum Gasteiger partial charge on any atom is 0.389 e. The Morgan fingerprint density at radius 3 is 1.94 bits per heavy atom. The molecule has 0 atom stereocenters. The van der Waals surface area contributed by atoms with E-state index in [4.69, 9.17) is 9.05 Å². The molecular weight excluding hydrogens is 261 g/mol. The van der Waals surface area contributed by atoms with E-state index in [9.17, 15) is 9.36 Å². The molecule has 0 saturated carbocycles. The highest BCUT2D eigenvalue weighted by Gasteiger charge is 2.26. The molecule has 102 valence electrons. The first-order valence-electron chi connectivity index (χ1n) is 5.84. The smallest absolute Gasteiger partial charge is 0.343 e. The minimum atomic E-state index is -3.16. The van der Waals surface area contributed by atoms with E-state index in [1.807, 2.05) is 13.8 Å². The van der Waals surface area contributed by atoms with Gasteiger partial charge in [0.2, 0.25) is 5.91 Å². The van der Waals surface area contributed by atoms with Gasteiger partial charge in [-0.2, -0.15) is 0 Å². The Bertz CT molecular complexity index is 261. The first-order valence-corrected chi connectivity index (χ1v) is 8.97. The molecule has 0 aromatic heterocycles. The molecule has 7 heteroatoms. The van der Waals surface area contributed by atoms with Gasteiger partial charge >= 0.3 is 6.80 Å². The molecule has 0 N–H and O–H groups in total. The van der Waals surface area contributed by atoms with E-state index in [2.05, 4.69) is 0 Å². The van der Waals surface area contributed by atoms with Crippen LogP contribution in [0.15, 0.2) is 0 Å². The van der Waals surface area contributed by atoms with Gasteiger partial charge in [-0.15, -0.1) is 0 Å². The summed E-state index contributed by atoms with van der Waals surface area (Å²) in [6, 6.07) is 0. The highest BCUT2D eigenvalue weighted by molar-refractivity contribution is 8.55. The molecule has 0 aliphatic heterocycles. The Hall–Kier alpha value is -0.0300. The van der Waals surface area contributed by atoms with Crippen LogP contribution in [0.5, 0.6) is 0 Å². The summed E-state index contributed by atoms with van der Waals surface area (Å²) in [7, 11) is 0. The average molecular weight is 283 g/mol. The van der Waals surface area contributed by atoms with Crippen molar-refractivity contribution in [3.05, 3.63) is 0 Å². The van der Waals surface area contributed by atoms with Crippen molar-refractivity contribution < 1.29 is 18.4 Å². The zero-order chi connectivity index (χ0) is 13.3. The number of carbonyl (C=O) groups excluding carboxylic acids is 1. The number of hydrogen-bond acceptors (Lipinski definition) is 5. The summed E-state index contributed by atoms with van der Waals surface area (Å²) in [5.41, 5.74) is 0. The second-order valence-corrected chi connectivity index (χ2v) is 7.20. The molecule has 5 nitrogen and oxygen atoms in total. The molecule has 0 aromatic rings. The van der Waals surface area contributed by atoms with E-state index in [1.165, 1.54) is 0 Å². The molecule has 0 radical (unpaired) electrons. The summed E-state index contributed by atoms with van der Waals surface area (Å²) >= 11 is 0.960. The summed E-state index contributed by atoms with van der Waals surface area (Å²) in [4.78, 5) is 13.4. The lowest BCUT2D eigenvalue weighted by Crippen LogP contribution is -2.31. The lowest BCUT2D eigenvalue weighted by atomic mass is 10.5. The minimum Gasteiger partial charge on any atom is -0.343 e. The van der Waals surface area contributed by atoms with Crippen LogP contribution in [-0.2, 0) is 18.4 Å². The van der Waals surface area contributed by atoms with Crippen LogP contribution in [-0.4, -0.2) is 42.9 Å². The zero-order valence-electron chi connectivity index (χ0n) is 11.0. The van der Waals surface area contributed by atoms with Gasteiger partial charge < -0.3 is 13.9 Å². The summed E-state index contributed by atoms with van der Waals surface area (Å²) in [6.45, 7) is 6.09. The lowest BCUT2D eigenvalue weighted by Gasteiger charge is -2.20. The maximum absolute atomic E-state index is 12.1. The molecule has 0 saturated heterocycles. The van der Waals surface area contributed by atoms with Gasteiger partial charge in [0.25, 0.3) is 0 Å². The Balaban J connectivity index is 4.30. The predicted octanol–water partition coefficient (Wildman–Crippen LogP) is 2.77. The fourth-order valence-electron chi connectivity index (χ4n) is 1.23. The maximum atomic E-state index is 12.1. The molecule has 0 unspecified atom stereocenters. The van der Waals surface area contributed by atoms with Crippen LogP contribution in [0.1, 0.15) is 27.7 Å². The van der Waals surface area contributed by atoms with Gasteiger partial charge in [-0.05, 0) is 39.1 Å². The minimum absolute atomic E-state index is 0.0420. The molecular formula is C10H22NO4PS. The summed E-state index contributed by atoms with van der Waals surface area (Å²) < 4.78 is 22.3. The van der Waals surface area contributed by atoms with Crippen molar-refractivity contribution in [2.45, 2.75) is 27.7 Å². The van der Waals surface area contributed by atoms with E-state index in [-0.39, 0.29) is 11.7 Å². The van der Waals surface area contributed by atoms with Gasteiger partial charge in [0.05, 0.1) is 19.0 Å². The lowest BCUT2D eigenvalue weighted by molar-refractivity contribution is -0.127. The topological polar surface area (TPSA) is 55.8 Å². The van der Waals surface area contributed by atoms with E-state index in [0.717, 1.165) is 11.4 Å². The van der Waals surface area contributed by atoms with Gasteiger partial charge in [0, 0.05) is 13.1 Å². The van der Waals surface area contributed by atoms with Crippen molar-refractivity contribution in [3.63, 3.8) is 0 Å². The highest BCUT2D eigenvalue weighted by Crippen LogP contribution is 2.60. The van der Waals surface area contributed by atoms with Crippen LogP contribution in [0.2, 0.25) is 0 Å². The average Bonchev–Trinajstić information content (AvgIpc) is 2.29. The van der Waals surface area contributed by atoms with Crippen LogP contribution in [0, 0.1) is 0 Å². The van der Waals surface area contributed by atoms with E-state index in [0.29, 0.717) is 26.3 Å². The largest absolute Gasteiger partial charge is 0.389 e. The van der Waals surface area contributed by atoms with Gasteiger partial charge in [0.1, 0.15) is 0 Å². The first kappa shape index (κ1) is 17.0. The number of amides is 1. The quantitative estimate of drug-likeness (QED) is 0.609. The third kappa shape index (κ3) is 6.46. The SMILES string of the molecule is CCOP(=O)(OCC)SCC(=O)N(CC)CC. The number of rotatable bonds is 9. The molecule has 0 heterocycles. The predicted molar refractivity (Wildman–Crippen MR) is 71.2 cm³/mol. The molecule has 0 bridgehead atoms. The summed E-state index contributed by atoms with van der Waals surface area (Å²) in [6.07, 6.45) is 0. The zero-order valence-corrected chi connectivity index (χ0v) is 12.7. The Morgan fingerprint density at radius 1 is 1.12 bits per heavy atom. The van der Waals surface area contributed by atoms with Gasteiger partial charge in [-0.25, -0.2) is 4.57 Å². The highest BCUT2D eigenvalue weighted by atomic mass is 32.7. The second kappa shape index (κ2) is 8.97.